The highest BCUT2D eigenvalue weighted by Gasteiger charge is 2.28. The summed E-state index contributed by atoms with van der Waals surface area (Å²) in [6, 6.07) is 0. The largest absolute Gasteiger partial charge is 0.478 e. The van der Waals surface area contributed by atoms with Crippen LogP contribution in [0, 0.1) is 13.8 Å². The zero-order valence-electron chi connectivity index (χ0n) is 12.1. The summed E-state index contributed by atoms with van der Waals surface area (Å²) in [5, 5.41) is 13.4. The van der Waals surface area contributed by atoms with Crippen LogP contribution >= 0.6 is 11.5 Å². The summed E-state index contributed by atoms with van der Waals surface area (Å²) < 4.78 is 9.07. The van der Waals surface area contributed by atoms with Crippen LogP contribution in [0.5, 0.6) is 0 Å². The number of carbonyl (C=O) groups excluding carboxylic acids is 1. The Kier molecular flexibility index (Phi) is 4.08. The van der Waals surface area contributed by atoms with E-state index in [1.807, 2.05) is 6.92 Å². The summed E-state index contributed by atoms with van der Waals surface area (Å²) in [4.78, 5) is 25.2. The van der Waals surface area contributed by atoms with Gasteiger partial charge in [-0.05, 0) is 31.8 Å². The summed E-state index contributed by atoms with van der Waals surface area (Å²) in [7, 11) is 1.52. The average Bonchev–Trinajstić information content (AvgIpc) is 3.00. The first kappa shape index (κ1) is 15.2. The van der Waals surface area contributed by atoms with E-state index in [0.29, 0.717) is 34.1 Å². The topological polar surface area (TPSA) is 96.5 Å². The Morgan fingerprint density at radius 3 is 2.57 bits per heavy atom. The maximum absolute atomic E-state index is 12.6. The van der Waals surface area contributed by atoms with E-state index in [1.165, 1.54) is 11.9 Å². The highest BCUT2D eigenvalue weighted by Crippen LogP contribution is 2.29. The number of anilines is 1. The van der Waals surface area contributed by atoms with Gasteiger partial charge in [0.05, 0.1) is 11.4 Å². The second kappa shape index (κ2) is 5.65. The highest BCUT2D eigenvalue weighted by atomic mass is 32.1. The number of amides is 1. The number of aromatic nitrogens is 2. The fraction of sp³-hybridized carbons (Fsp3) is 0.385. The van der Waals surface area contributed by atoms with Crippen LogP contribution in [0.2, 0.25) is 0 Å². The molecule has 0 aliphatic heterocycles. The molecule has 0 fully saturated rings. The summed E-state index contributed by atoms with van der Waals surface area (Å²) in [6.07, 6.45) is 0.555. The van der Waals surface area contributed by atoms with Crippen molar-refractivity contribution in [2.24, 2.45) is 0 Å². The number of nitrogens with zero attached hydrogens (tertiary/aromatic N) is 3. The van der Waals surface area contributed by atoms with Crippen LogP contribution in [0.25, 0.3) is 0 Å². The lowest BCUT2D eigenvalue weighted by atomic mass is 10.1. The Bertz CT molecular complexity index is 704. The first-order chi connectivity index (χ1) is 9.88. The lowest BCUT2D eigenvalue weighted by molar-refractivity contribution is 0.0697. The molecule has 0 aliphatic carbocycles. The third kappa shape index (κ3) is 2.54. The van der Waals surface area contributed by atoms with Crippen molar-refractivity contribution in [2.45, 2.75) is 27.2 Å². The Morgan fingerprint density at radius 2 is 2.00 bits per heavy atom. The van der Waals surface area contributed by atoms with E-state index < -0.39 is 5.97 Å². The van der Waals surface area contributed by atoms with E-state index in [0.717, 1.165) is 11.5 Å². The Morgan fingerprint density at radius 1 is 1.33 bits per heavy atom. The number of aryl methyl sites for hydroxylation is 3. The molecule has 7 nitrogen and oxygen atoms in total. The van der Waals surface area contributed by atoms with Gasteiger partial charge < -0.3 is 14.5 Å². The van der Waals surface area contributed by atoms with Crippen LogP contribution in [0.1, 0.15) is 44.8 Å². The van der Waals surface area contributed by atoms with Gasteiger partial charge in [0.25, 0.3) is 5.91 Å². The third-order valence-electron chi connectivity index (χ3n) is 3.15. The van der Waals surface area contributed by atoms with Crippen LogP contribution in [0.15, 0.2) is 4.52 Å². The lowest BCUT2D eigenvalue weighted by Gasteiger charge is -2.15. The van der Waals surface area contributed by atoms with Gasteiger partial charge in [-0.15, -0.1) is 0 Å². The van der Waals surface area contributed by atoms with E-state index in [1.54, 1.807) is 13.8 Å². The molecule has 0 spiro atoms. The van der Waals surface area contributed by atoms with E-state index in [2.05, 4.69) is 9.53 Å². The van der Waals surface area contributed by atoms with Gasteiger partial charge in [0.1, 0.15) is 21.9 Å². The number of aromatic carboxylic acids is 1. The van der Waals surface area contributed by atoms with Gasteiger partial charge in [0.2, 0.25) is 0 Å². The number of carbonyl (C=O) groups is 2. The minimum absolute atomic E-state index is 0.0444. The fourth-order valence-corrected chi connectivity index (χ4v) is 2.87. The van der Waals surface area contributed by atoms with Gasteiger partial charge in [-0.1, -0.05) is 12.1 Å². The molecule has 0 bridgehead atoms. The molecular weight excluding hydrogens is 294 g/mol. The van der Waals surface area contributed by atoms with Crippen molar-refractivity contribution < 1.29 is 19.2 Å². The average molecular weight is 309 g/mol. The predicted octanol–water partition coefficient (Wildman–Crippen LogP) is 2.29. The molecular formula is C13H15N3O4S. The van der Waals surface area contributed by atoms with E-state index in [4.69, 9.17) is 4.52 Å². The van der Waals surface area contributed by atoms with E-state index in [9.17, 15) is 14.7 Å². The van der Waals surface area contributed by atoms with Crippen molar-refractivity contribution in [1.82, 2.24) is 9.53 Å². The van der Waals surface area contributed by atoms with Crippen molar-refractivity contribution in [1.29, 1.82) is 0 Å². The molecule has 0 radical (unpaired) electrons. The zero-order chi connectivity index (χ0) is 15.7. The second-order valence-electron chi connectivity index (χ2n) is 4.53. The van der Waals surface area contributed by atoms with Gasteiger partial charge in [-0.2, -0.15) is 4.37 Å². The molecule has 2 aromatic rings. The van der Waals surface area contributed by atoms with Crippen molar-refractivity contribution in [3.63, 3.8) is 0 Å². The summed E-state index contributed by atoms with van der Waals surface area (Å²) in [5.74, 6) is -1.03. The van der Waals surface area contributed by atoms with Gasteiger partial charge in [0.15, 0.2) is 0 Å². The minimum Gasteiger partial charge on any atom is -0.478 e. The molecule has 21 heavy (non-hydrogen) atoms. The van der Waals surface area contributed by atoms with Crippen molar-refractivity contribution >= 4 is 28.4 Å². The Balaban J connectivity index is 2.45. The SMILES string of the molecule is CCc1noc(C)c1C(=O)N(C)c1snc(C)c1C(=O)O. The highest BCUT2D eigenvalue weighted by molar-refractivity contribution is 7.11. The van der Waals surface area contributed by atoms with Gasteiger partial charge >= 0.3 is 5.97 Å². The molecule has 2 aromatic heterocycles. The first-order valence-corrected chi connectivity index (χ1v) is 7.08. The van der Waals surface area contributed by atoms with Crippen molar-refractivity contribution in [3.8, 4) is 0 Å². The van der Waals surface area contributed by atoms with E-state index >= 15 is 0 Å². The Hall–Kier alpha value is -2.22. The number of rotatable bonds is 4. The minimum atomic E-state index is -1.10. The van der Waals surface area contributed by atoms with Crippen LogP contribution in [0.3, 0.4) is 0 Å². The maximum atomic E-state index is 12.6. The normalized spacial score (nSPS) is 10.7. The zero-order valence-corrected chi connectivity index (χ0v) is 12.9. The molecule has 112 valence electrons. The third-order valence-corrected chi connectivity index (χ3v) is 4.17. The van der Waals surface area contributed by atoms with E-state index in [-0.39, 0.29) is 11.5 Å². The lowest BCUT2D eigenvalue weighted by Crippen LogP contribution is -2.28. The quantitative estimate of drug-likeness (QED) is 0.930. The molecule has 1 N–H and O–H groups in total. The number of carboxylic acid groups (broad SMARTS) is 1. The number of carboxylic acids is 1. The smallest absolute Gasteiger partial charge is 0.340 e. The van der Waals surface area contributed by atoms with Crippen LogP contribution in [0.4, 0.5) is 5.00 Å². The maximum Gasteiger partial charge on any atom is 0.340 e. The summed E-state index contributed by atoms with van der Waals surface area (Å²) in [5.41, 5.74) is 1.37. The molecule has 0 saturated heterocycles. The van der Waals surface area contributed by atoms with Crippen LogP contribution in [-0.4, -0.2) is 33.6 Å². The molecule has 1 amide bonds. The summed E-state index contributed by atoms with van der Waals surface area (Å²) >= 11 is 0.981. The molecule has 0 atom stereocenters. The summed E-state index contributed by atoms with van der Waals surface area (Å²) in [6.45, 7) is 5.13. The molecule has 8 heteroatoms. The van der Waals surface area contributed by atoms with Crippen LogP contribution < -0.4 is 4.90 Å². The van der Waals surface area contributed by atoms with Crippen molar-refractivity contribution in [2.75, 3.05) is 11.9 Å². The monoisotopic (exact) mass is 309 g/mol. The van der Waals surface area contributed by atoms with Gasteiger partial charge in [0, 0.05) is 7.05 Å². The van der Waals surface area contributed by atoms with Crippen molar-refractivity contribution in [3.05, 3.63) is 28.3 Å². The predicted molar refractivity (Wildman–Crippen MR) is 77.2 cm³/mol. The second-order valence-corrected chi connectivity index (χ2v) is 5.28. The molecule has 0 unspecified atom stereocenters. The fourth-order valence-electron chi connectivity index (χ4n) is 2.03. The Labute approximate surface area is 125 Å². The number of hydrogen-bond donors (Lipinski definition) is 1. The molecule has 0 aliphatic rings. The molecule has 0 saturated carbocycles. The number of hydrogen-bond acceptors (Lipinski definition) is 6. The standard InChI is InChI=1S/C13H15N3O4S/c1-5-8-10(7(3)20-14-8)11(17)16(4)12-9(13(18)19)6(2)15-21-12/h5H2,1-4H3,(H,18,19). The van der Waals surface area contributed by atoms with Gasteiger partial charge in [-0.25, -0.2) is 4.79 Å². The van der Waals surface area contributed by atoms with Gasteiger partial charge in [-0.3, -0.25) is 4.79 Å². The first-order valence-electron chi connectivity index (χ1n) is 6.31. The van der Waals surface area contributed by atoms with Crippen LogP contribution in [-0.2, 0) is 6.42 Å². The molecule has 2 heterocycles. The molecule has 0 aromatic carbocycles. The molecule has 2 rings (SSSR count).